The first kappa shape index (κ1) is 13.2. The van der Waals surface area contributed by atoms with Crippen LogP contribution < -0.4 is 4.74 Å². The number of nitrogens with zero attached hydrogens (tertiary/aromatic N) is 1. The monoisotopic (exact) mass is 269 g/mol. The second-order valence-electron chi connectivity index (χ2n) is 4.42. The average Bonchev–Trinajstić information content (AvgIpc) is 2.76. The van der Waals surface area contributed by atoms with Crippen LogP contribution in [0.5, 0.6) is 5.75 Å². The Labute approximate surface area is 111 Å². The molecular weight excluding hydrogens is 254 g/mol. The van der Waals surface area contributed by atoms with Crippen LogP contribution in [-0.4, -0.2) is 42.2 Å². The van der Waals surface area contributed by atoms with Crippen LogP contribution in [-0.2, 0) is 11.2 Å². The highest BCUT2D eigenvalue weighted by Gasteiger charge is 2.25. The van der Waals surface area contributed by atoms with Gasteiger partial charge in [-0.1, -0.05) is 11.6 Å². The van der Waals surface area contributed by atoms with Gasteiger partial charge in [-0.2, -0.15) is 0 Å². The van der Waals surface area contributed by atoms with Crippen LogP contribution in [0.25, 0.3) is 0 Å². The molecule has 0 unspecified atom stereocenters. The maximum atomic E-state index is 12.1. The van der Waals surface area contributed by atoms with Gasteiger partial charge in [0, 0.05) is 23.7 Å². The Morgan fingerprint density at radius 3 is 3.00 bits per heavy atom. The number of ether oxygens (including phenoxy) is 1. The van der Waals surface area contributed by atoms with Crippen molar-refractivity contribution in [2.75, 3.05) is 20.2 Å². The van der Waals surface area contributed by atoms with E-state index in [0.717, 1.165) is 5.56 Å². The van der Waals surface area contributed by atoms with E-state index in [1.807, 2.05) is 0 Å². The molecule has 1 saturated heterocycles. The third kappa shape index (κ3) is 2.94. The molecule has 1 atom stereocenters. The van der Waals surface area contributed by atoms with E-state index < -0.39 is 6.10 Å². The van der Waals surface area contributed by atoms with E-state index in [-0.39, 0.29) is 12.3 Å². The lowest BCUT2D eigenvalue weighted by Gasteiger charge is -2.16. The van der Waals surface area contributed by atoms with Crippen molar-refractivity contribution in [2.45, 2.75) is 18.9 Å². The van der Waals surface area contributed by atoms with E-state index in [9.17, 15) is 9.90 Å². The summed E-state index contributed by atoms with van der Waals surface area (Å²) in [5.74, 6) is 0.652. The molecule has 98 valence electrons. The number of rotatable bonds is 3. The van der Waals surface area contributed by atoms with E-state index in [0.29, 0.717) is 30.3 Å². The molecule has 1 aliphatic heterocycles. The number of aliphatic hydroxyl groups is 1. The fourth-order valence-corrected chi connectivity index (χ4v) is 2.32. The highest BCUT2D eigenvalue weighted by molar-refractivity contribution is 6.30. The van der Waals surface area contributed by atoms with Crippen molar-refractivity contribution in [3.63, 3.8) is 0 Å². The Hall–Kier alpha value is -1.26. The van der Waals surface area contributed by atoms with Crippen molar-refractivity contribution < 1.29 is 14.6 Å². The Balaban J connectivity index is 2.09. The average molecular weight is 270 g/mol. The minimum Gasteiger partial charge on any atom is -0.496 e. The summed E-state index contributed by atoms with van der Waals surface area (Å²) in [6, 6.07) is 5.22. The molecule has 0 aromatic heterocycles. The first-order valence-electron chi connectivity index (χ1n) is 5.88. The Kier molecular flexibility index (Phi) is 4.09. The van der Waals surface area contributed by atoms with Crippen molar-refractivity contribution in [1.29, 1.82) is 0 Å². The Morgan fingerprint density at radius 2 is 2.39 bits per heavy atom. The number of halogens is 1. The molecule has 4 nitrogen and oxygen atoms in total. The van der Waals surface area contributed by atoms with Gasteiger partial charge in [-0.05, 0) is 24.6 Å². The van der Waals surface area contributed by atoms with Crippen LogP contribution in [0.15, 0.2) is 18.2 Å². The topological polar surface area (TPSA) is 49.8 Å². The lowest BCUT2D eigenvalue weighted by molar-refractivity contribution is -0.129. The molecule has 1 aromatic rings. The molecule has 0 aliphatic carbocycles. The molecule has 1 N–H and O–H groups in total. The minimum absolute atomic E-state index is 0.00730. The van der Waals surface area contributed by atoms with Crippen molar-refractivity contribution >= 4 is 17.5 Å². The van der Waals surface area contributed by atoms with Gasteiger partial charge in [0.2, 0.25) is 5.91 Å². The van der Waals surface area contributed by atoms with E-state index in [4.69, 9.17) is 16.3 Å². The maximum absolute atomic E-state index is 12.1. The van der Waals surface area contributed by atoms with Crippen molar-refractivity contribution in [1.82, 2.24) is 4.90 Å². The van der Waals surface area contributed by atoms with E-state index >= 15 is 0 Å². The quantitative estimate of drug-likeness (QED) is 0.904. The molecule has 1 aromatic carbocycles. The highest BCUT2D eigenvalue weighted by atomic mass is 35.5. The predicted molar refractivity (Wildman–Crippen MR) is 68.9 cm³/mol. The maximum Gasteiger partial charge on any atom is 0.227 e. The molecule has 2 rings (SSSR count). The molecular formula is C13H16ClNO3. The van der Waals surface area contributed by atoms with E-state index in [1.165, 1.54) is 0 Å². The molecule has 1 amide bonds. The summed E-state index contributed by atoms with van der Waals surface area (Å²) in [4.78, 5) is 13.7. The summed E-state index contributed by atoms with van der Waals surface area (Å²) in [6.45, 7) is 1.03. The van der Waals surface area contributed by atoms with Crippen LogP contribution in [0.4, 0.5) is 0 Å². The largest absolute Gasteiger partial charge is 0.496 e. The van der Waals surface area contributed by atoms with Gasteiger partial charge in [0.1, 0.15) is 5.75 Å². The van der Waals surface area contributed by atoms with E-state index in [2.05, 4.69) is 0 Å². The summed E-state index contributed by atoms with van der Waals surface area (Å²) >= 11 is 5.92. The molecule has 0 radical (unpaired) electrons. The molecule has 0 bridgehead atoms. The second kappa shape index (κ2) is 5.59. The first-order valence-corrected chi connectivity index (χ1v) is 6.26. The second-order valence-corrected chi connectivity index (χ2v) is 4.85. The van der Waals surface area contributed by atoms with Crippen LogP contribution in [0.1, 0.15) is 12.0 Å². The van der Waals surface area contributed by atoms with Crippen molar-refractivity contribution in [2.24, 2.45) is 0 Å². The van der Waals surface area contributed by atoms with Gasteiger partial charge in [0.15, 0.2) is 0 Å². The third-order valence-electron chi connectivity index (χ3n) is 3.10. The summed E-state index contributed by atoms with van der Waals surface area (Å²) in [7, 11) is 1.57. The number of amides is 1. The number of methoxy groups -OCH3 is 1. The number of β-amino-alcohol motifs (C(OH)–C–C–N with tert-alkyl or cyclic N) is 1. The molecule has 1 aliphatic rings. The van der Waals surface area contributed by atoms with Crippen molar-refractivity contribution in [3.8, 4) is 5.75 Å². The first-order chi connectivity index (χ1) is 8.60. The van der Waals surface area contributed by atoms with Gasteiger partial charge in [0.05, 0.1) is 19.6 Å². The summed E-state index contributed by atoms with van der Waals surface area (Å²) in [5.41, 5.74) is 0.774. The molecule has 18 heavy (non-hydrogen) atoms. The van der Waals surface area contributed by atoms with Gasteiger partial charge in [-0.3, -0.25) is 4.79 Å². The zero-order valence-corrected chi connectivity index (χ0v) is 11.0. The standard InChI is InChI=1S/C13H16ClNO3/c1-18-12-3-2-10(14)6-9(12)7-13(17)15-5-4-11(16)8-15/h2-3,6,11,16H,4-5,7-8H2,1H3/t11-/m1/s1. The Morgan fingerprint density at radius 1 is 1.61 bits per heavy atom. The lowest BCUT2D eigenvalue weighted by Crippen LogP contribution is -2.30. The van der Waals surface area contributed by atoms with Gasteiger partial charge in [-0.25, -0.2) is 0 Å². The summed E-state index contributed by atoms with van der Waals surface area (Å²) in [5, 5.41) is 10.0. The van der Waals surface area contributed by atoms with E-state index in [1.54, 1.807) is 30.2 Å². The van der Waals surface area contributed by atoms with Crippen LogP contribution in [0.2, 0.25) is 5.02 Å². The number of hydrogen-bond donors (Lipinski definition) is 1. The fourth-order valence-electron chi connectivity index (χ4n) is 2.13. The van der Waals surface area contributed by atoms with Crippen LogP contribution in [0.3, 0.4) is 0 Å². The number of benzene rings is 1. The van der Waals surface area contributed by atoms with Gasteiger partial charge in [0.25, 0.3) is 0 Å². The van der Waals surface area contributed by atoms with Gasteiger partial charge < -0.3 is 14.7 Å². The number of carbonyl (C=O) groups is 1. The number of likely N-dealkylation sites (tertiary alicyclic amines) is 1. The smallest absolute Gasteiger partial charge is 0.227 e. The number of hydrogen-bond acceptors (Lipinski definition) is 3. The fraction of sp³-hybridized carbons (Fsp3) is 0.462. The van der Waals surface area contributed by atoms with Crippen molar-refractivity contribution in [3.05, 3.63) is 28.8 Å². The molecule has 1 heterocycles. The number of carbonyl (C=O) groups excluding carboxylic acids is 1. The summed E-state index contributed by atoms with van der Waals surface area (Å²) in [6.07, 6.45) is 0.504. The number of aliphatic hydroxyl groups excluding tert-OH is 1. The van der Waals surface area contributed by atoms with Crippen LogP contribution >= 0.6 is 11.6 Å². The van der Waals surface area contributed by atoms with Crippen LogP contribution in [0, 0.1) is 0 Å². The van der Waals surface area contributed by atoms with Gasteiger partial charge >= 0.3 is 0 Å². The zero-order chi connectivity index (χ0) is 13.1. The zero-order valence-electron chi connectivity index (χ0n) is 10.2. The van der Waals surface area contributed by atoms with Gasteiger partial charge in [-0.15, -0.1) is 0 Å². The minimum atomic E-state index is -0.393. The highest BCUT2D eigenvalue weighted by Crippen LogP contribution is 2.24. The lowest BCUT2D eigenvalue weighted by atomic mass is 10.1. The molecule has 5 heteroatoms. The molecule has 0 spiro atoms. The molecule has 1 fully saturated rings. The SMILES string of the molecule is COc1ccc(Cl)cc1CC(=O)N1CC[C@@H](O)C1. The third-order valence-corrected chi connectivity index (χ3v) is 3.34. The molecule has 0 saturated carbocycles. The Bertz CT molecular complexity index is 450. The normalized spacial score (nSPS) is 19.1. The summed E-state index contributed by atoms with van der Waals surface area (Å²) < 4.78 is 5.21. The predicted octanol–water partition coefficient (Wildman–Crippen LogP) is 1.48.